The van der Waals surface area contributed by atoms with Crippen LogP contribution in [0.25, 0.3) is 44.0 Å². The molecule has 5 aromatic rings. The van der Waals surface area contributed by atoms with Gasteiger partial charge in [-0.05, 0) is 10.8 Å². The third-order valence-electron chi connectivity index (χ3n) is 4.37. The van der Waals surface area contributed by atoms with Crippen molar-refractivity contribution >= 4 is 32.6 Å². The van der Waals surface area contributed by atoms with Gasteiger partial charge in [-0.25, -0.2) is 4.98 Å². The molecule has 0 aliphatic heterocycles. The van der Waals surface area contributed by atoms with Crippen molar-refractivity contribution in [3.05, 3.63) is 78.9 Å². The van der Waals surface area contributed by atoms with Gasteiger partial charge in [0, 0.05) is 16.3 Å². The van der Waals surface area contributed by atoms with Gasteiger partial charge in [-0.1, -0.05) is 78.9 Å². The summed E-state index contributed by atoms with van der Waals surface area (Å²) in [5.74, 6) is 0.656. The lowest BCUT2D eigenvalue weighted by Crippen LogP contribution is -1.96. The van der Waals surface area contributed by atoms with Crippen molar-refractivity contribution in [2.75, 3.05) is 0 Å². The Morgan fingerprint density at radius 1 is 0.458 bits per heavy atom. The van der Waals surface area contributed by atoms with Crippen LogP contribution in [-0.2, 0) is 0 Å². The van der Waals surface area contributed by atoms with Gasteiger partial charge < -0.3 is 0 Å². The Balaban J connectivity index is 1.96. The molecule has 0 unspecified atom stereocenters. The summed E-state index contributed by atoms with van der Waals surface area (Å²) in [7, 11) is 0. The molecule has 5 rings (SSSR count). The van der Waals surface area contributed by atoms with Crippen LogP contribution in [0.1, 0.15) is 0 Å². The second-order valence-electron chi connectivity index (χ2n) is 5.79. The Bertz CT molecular complexity index is 1160. The van der Waals surface area contributed by atoms with Gasteiger partial charge in [0.05, 0.1) is 0 Å². The standard InChI is InChI=1S/C21H13N3/c1-2-8-14(9-3-1)21-22-19-17-12-6-4-10-15(17)16-11-5-7-13-18(16)20(19)23-24-21/h1-13H. The van der Waals surface area contributed by atoms with E-state index < -0.39 is 0 Å². The van der Waals surface area contributed by atoms with E-state index in [1.54, 1.807) is 0 Å². The lowest BCUT2D eigenvalue weighted by molar-refractivity contribution is 1.04. The van der Waals surface area contributed by atoms with E-state index in [0.717, 1.165) is 27.4 Å². The summed E-state index contributed by atoms with van der Waals surface area (Å²) in [5.41, 5.74) is 2.73. The van der Waals surface area contributed by atoms with Gasteiger partial charge in [-0.2, -0.15) is 0 Å². The molecule has 1 aromatic heterocycles. The minimum Gasteiger partial charge on any atom is -0.224 e. The molecule has 0 saturated heterocycles. The van der Waals surface area contributed by atoms with Crippen molar-refractivity contribution in [1.29, 1.82) is 0 Å². The fourth-order valence-electron chi connectivity index (χ4n) is 3.25. The molecular weight excluding hydrogens is 294 g/mol. The van der Waals surface area contributed by atoms with Gasteiger partial charge in [0.25, 0.3) is 0 Å². The van der Waals surface area contributed by atoms with Crippen LogP contribution in [0.2, 0.25) is 0 Å². The molecule has 0 amide bonds. The number of aromatic nitrogens is 3. The molecule has 0 bridgehead atoms. The number of hydrogen-bond donors (Lipinski definition) is 0. The van der Waals surface area contributed by atoms with Crippen molar-refractivity contribution in [3.63, 3.8) is 0 Å². The van der Waals surface area contributed by atoms with Crippen molar-refractivity contribution < 1.29 is 0 Å². The number of benzene rings is 4. The van der Waals surface area contributed by atoms with Crippen LogP contribution in [0, 0.1) is 0 Å². The summed E-state index contributed by atoms with van der Waals surface area (Å²) in [6, 6.07) is 26.6. The number of hydrogen-bond acceptors (Lipinski definition) is 3. The molecule has 3 nitrogen and oxygen atoms in total. The quantitative estimate of drug-likeness (QED) is 0.409. The zero-order chi connectivity index (χ0) is 15.9. The van der Waals surface area contributed by atoms with E-state index in [2.05, 4.69) is 46.6 Å². The zero-order valence-corrected chi connectivity index (χ0v) is 12.8. The molecule has 0 spiro atoms. The Kier molecular flexibility index (Phi) is 2.79. The smallest absolute Gasteiger partial charge is 0.182 e. The highest BCUT2D eigenvalue weighted by Gasteiger charge is 2.12. The number of rotatable bonds is 1. The first-order chi connectivity index (χ1) is 11.9. The van der Waals surface area contributed by atoms with Crippen molar-refractivity contribution in [2.45, 2.75) is 0 Å². The van der Waals surface area contributed by atoms with E-state index in [4.69, 9.17) is 4.98 Å². The number of nitrogens with zero attached hydrogens (tertiary/aromatic N) is 3. The maximum absolute atomic E-state index is 4.85. The molecule has 0 N–H and O–H groups in total. The van der Waals surface area contributed by atoms with E-state index >= 15 is 0 Å². The minimum atomic E-state index is 0.656. The van der Waals surface area contributed by atoms with E-state index in [1.807, 2.05) is 42.5 Å². The van der Waals surface area contributed by atoms with Crippen molar-refractivity contribution in [3.8, 4) is 11.4 Å². The maximum atomic E-state index is 4.85. The Hall–Kier alpha value is -3.33. The molecular formula is C21H13N3. The molecule has 24 heavy (non-hydrogen) atoms. The third kappa shape index (κ3) is 1.88. The summed E-state index contributed by atoms with van der Waals surface area (Å²) in [6.45, 7) is 0. The Morgan fingerprint density at radius 2 is 1.00 bits per heavy atom. The Morgan fingerprint density at radius 3 is 1.67 bits per heavy atom. The predicted octanol–water partition coefficient (Wildman–Crippen LogP) is 5.00. The van der Waals surface area contributed by atoms with Crippen LogP contribution in [0.3, 0.4) is 0 Å². The van der Waals surface area contributed by atoms with Gasteiger partial charge >= 0.3 is 0 Å². The monoisotopic (exact) mass is 307 g/mol. The van der Waals surface area contributed by atoms with E-state index in [-0.39, 0.29) is 0 Å². The summed E-state index contributed by atoms with van der Waals surface area (Å²) >= 11 is 0. The molecule has 0 saturated carbocycles. The van der Waals surface area contributed by atoms with Crippen LogP contribution in [0.4, 0.5) is 0 Å². The molecule has 4 aromatic carbocycles. The maximum Gasteiger partial charge on any atom is 0.182 e. The summed E-state index contributed by atoms with van der Waals surface area (Å²) < 4.78 is 0. The third-order valence-corrected chi connectivity index (χ3v) is 4.37. The van der Waals surface area contributed by atoms with E-state index in [1.165, 1.54) is 10.8 Å². The van der Waals surface area contributed by atoms with Crippen molar-refractivity contribution in [1.82, 2.24) is 15.2 Å². The minimum absolute atomic E-state index is 0.656. The molecule has 112 valence electrons. The fraction of sp³-hybridized carbons (Fsp3) is 0. The van der Waals surface area contributed by atoms with Crippen molar-refractivity contribution in [2.24, 2.45) is 0 Å². The second-order valence-corrected chi connectivity index (χ2v) is 5.79. The van der Waals surface area contributed by atoms with Crippen LogP contribution < -0.4 is 0 Å². The average molecular weight is 307 g/mol. The summed E-state index contributed by atoms with van der Waals surface area (Å²) in [4.78, 5) is 4.85. The zero-order valence-electron chi connectivity index (χ0n) is 12.8. The molecule has 1 heterocycles. The number of fused-ring (bicyclic) bond motifs is 6. The lowest BCUT2D eigenvalue weighted by Gasteiger charge is -2.09. The van der Waals surface area contributed by atoms with E-state index in [0.29, 0.717) is 5.82 Å². The first kappa shape index (κ1) is 13.1. The normalized spacial score (nSPS) is 11.3. The topological polar surface area (TPSA) is 38.7 Å². The molecule has 0 aliphatic carbocycles. The molecule has 0 radical (unpaired) electrons. The SMILES string of the molecule is c1ccc(-c2nnc3c4ccccc4c4ccccc4c3n2)cc1. The largest absolute Gasteiger partial charge is 0.224 e. The van der Waals surface area contributed by atoms with Gasteiger partial charge in [-0.15, -0.1) is 10.2 Å². The summed E-state index contributed by atoms with van der Waals surface area (Å²) in [6.07, 6.45) is 0. The molecule has 0 aliphatic rings. The van der Waals surface area contributed by atoms with Gasteiger partial charge in [-0.3, -0.25) is 0 Å². The second kappa shape index (κ2) is 5.10. The highest BCUT2D eigenvalue weighted by molar-refractivity contribution is 6.22. The fourth-order valence-corrected chi connectivity index (χ4v) is 3.25. The molecule has 0 atom stereocenters. The molecule has 3 heteroatoms. The predicted molar refractivity (Wildman–Crippen MR) is 97.8 cm³/mol. The Labute approximate surface area is 138 Å². The van der Waals surface area contributed by atoms with Crippen LogP contribution in [0.5, 0.6) is 0 Å². The average Bonchev–Trinajstić information content (AvgIpc) is 2.68. The lowest BCUT2D eigenvalue weighted by atomic mass is 10.00. The highest BCUT2D eigenvalue weighted by atomic mass is 15.2. The van der Waals surface area contributed by atoms with Crippen LogP contribution in [-0.4, -0.2) is 15.2 Å². The van der Waals surface area contributed by atoms with Crippen LogP contribution >= 0.6 is 0 Å². The van der Waals surface area contributed by atoms with E-state index in [9.17, 15) is 0 Å². The summed E-state index contributed by atoms with van der Waals surface area (Å²) in [5, 5.41) is 13.5. The highest BCUT2D eigenvalue weighted by Crippen LogP contribution is 2.33. The molecule has 0 fully saturated rings. The van der Waals surface area contributed by atoms with Gasteiger partial charge in [0.2, 0.25) is 0 Å². The van der Waals surface area contributed by atoms with Gasteiger partial charge in [0.1, 0.15) is 11.0 Å². The first-order valence-corrected chi connectivity index (χ1v) is 7.91. The first-order valence-electron chi connectivity index (χ1n) is 7.91. The van der Waals surface area contributed by atoms with Crippen LogP contribution in [0.15, 0.2) is 78.9 Å². The van der Waals surface area contributed by atoms with Gasteiger partial charge in [0.15, 0.2) is 5.82 Å².